The zero-order valence-electron chi connectivity index (χ0n) is 15.2. The maximum Gasteiger partial charge on any atom is 0.225 e. The molecular formula is C19H24N2O3S2. The fraction of sp³-hybridized carbons (Fsp3) is 0.316. The minimum absolute atomic E-state index is 0.0883. The van der Waals surface area contributed by atoms with Gasteiger partial charge in [0.1, 0.15) is 0 Å². The number of carbonyl (C=O) groups is 1. The van der Waals surface area contributed by atoms with Crippen LogP contribution in [0.25, 0.3) is 0 Å². The van der Waals surface area contributed by atoms with E-state index in [1.165, 1.54) is 5.56 Å². The van der Waals surface area contributed by atoms with Gasteiger partial charge in [-0.3, -0.25) is 4.79 Å². The van der Waals surface area contributed by atoms with E-state index in [1.807, 2.05) is 24.3 Å². The molecule has 0 aliphatic heterocycles. The van der Waals surface area contributed by atoms with E-state index in [9.17, 15) is 13.2 Å². The Kier molecular flexibility index (Phi) is 7.25. The van der Waals surface area contributed by atoms with Crippen molar-refractivity contribution in [1.29, 1.82) is 0 Å². The van der Waals surface area contributed by atoms with E-state index in [2.05, 4.69) is 48.2 Å². The molecule has 26 heavy (non-hydrogen) atoms. The van der Waals surface area contributed by atoms with Gasteiger partial charge in [-0.2, -0.15) is 0 Å². The second-order valence-electron chi connectivity index (χ2n) is 6.31. The van der Waals surface area contributed by atoms with Crippen LogP contribution in [0.5, 0.6) is 0 Å². The highest BCUT2D eigenvalue weighted by Gasteiger charge is 2.06. The first-order valence-corrected chi connectivity index (χ1v) is 11.1. The number of sulfonamides is 1. The van der Waals surface area contributed by atoms with E-state index in [0.717, 1.165) is 16.0 Å². The van der Waals surface area contributed by atoms with Crippen molar-refractivity contribution in [3.8, 4) is 0 Å². The van der Waals surface area contributed by atoms with Crippen molar-refractivity contribution in [3.63, 3.8) is 0 Å². The van der Waals surface area contributed by atoms with Crippen molar-refractivity contribution in [2.45, 2.75) is 36.0 Å². The number of anilines is 1. The van der Waals surface area contributed by atoms with Crippen molar-refractivity contribution in [3.05, 3.63) is 54.1 Å². The summed E-state index contributed by atoms with van der Waals surface area (Å²) in [5.74, 6) is 0.287. The monoisotopic (exact) mass is 392 g/mol. The molecular weight excluding hydrogens is 368 g/mol. The molecule has 0 aliphatic rings. The third kappa shape index (κ3) is 7.19. The van der Waals surface area contributed by atoms with Crippen LogP contribution in [0.3, 0.4) is 0 Å². The van der Waals surface area contributed by atoms with Crippen LogP contribution in [0.2, 0.25) is 0 Å². The van der Waals surface area contributed by atoms with Crippen molar-refractivity contribution < 1.29 is 13.2 Å². The summed E-state index contributed by atoms with van der Waals surface area (Å²) in [6.45, 7) is 4.43. The minimum Gasteiger partial charge on any atom is -0.326 e. The van der Waals surface area contributed by atoms with E-state index in [0.29, 0.717) is 11.6 Å². The number of benzene rings is 2. The van der Waals surface area contributed by atoms with Crippen LogP contribution in [-0.4, -0.2) is 27.1 Å². The molecule has 0 aliphatic carbocycles. The first-order valence-electron chi connectivity index (χ1n) is 8.35. The zero-order valence-corrected chi connectivity index (χ0v) is 16.8. The molecule has 5 nitrogen and oxygen atoms in total. The molecule has 0 spiro atoms. The normalized spacial score (nSPS) is 11.5. The standard InChI is InChI=1S/C19H24N2O3S2/c1-14(2)15-4-8-17(9-5-15)25-18-10-6-16(7-11-18)21-19(22)12-13-20-26(3,23)24/h4-11,14,20H,12-13H2,1-3H3,(H,21,22). The SMILES string of the molecule is CC(C)c1ccc(Sc2ccc(NC(=O)CCNS(C)(=O)=O)cc2)cc1. The minimum atomic E-state index is -3.27. The lowest BCUT2D eigenvalue weighted by Gasteiger charge is -2.08. The molecule has 7 heteroatoms. The Hall–Kier alpha value is -1.83. The van der Waals surface area contributed by atoms with Crippen LogP contribution in [0.15, 0.2) is 58.3 Å². The molecule has 0 fully saturated rings. The average Bonchev–Trinajstić information content (AvgIpc) is 2.56. The van der Waals surface area contributed by atoms with Crippen molar-refractivity contribution >= 4 is 33.4 Å². The highest BCUT2D eigenvalue weighted by atomic mass is 32.2. The van der Waals surface area contributed by atoms with Crippen molar-refractivity contribution in [2.24, 2.45) is 0 Å². The third-order valence-corrected chi connectivity index (χ3v) is 5.38. The summed E-state index contributed by atoms with van der Waals surface area (Å²) < 4.78 is 24.2. The van der Waals surface area contributed by atoms with Gasteiger partial charge in [0.25, 0.3) is 0 Å². The second kappa shape index (κ2) is 9.21. The highest BCUT2D eigenvalue weighted by Crippen LogP contribution is 2.29. The Bertz CT molecular complexity index is 830. The van der Waals surface area contributed by atoms with Gasteiger partial charge in [-0.25, -0.2) is 13.1 Å². The Balaban J connectivity index is 1.86. The number of amides is 1. The summed E-state index contributed by atoms with van der Waals surface area (Å²) in [4.78, 5) is 14.1. The van der Waals surface area contributed by atoms with Gasteiger partial charge in [0, 0.05) is 28.4 Å². The van der Waals surface area contributed by atoms with E-state index in [4.69, 9.17) is 0 Å². The third-order valence-electron chi connectivity index (χ3n) is 3.64. The van der Waals surface area contributed by atoms with Crippen LogP contribution >= 0.6 is 11.8 Å². The maximum atomic E-state index is 11.8. The molecule has 2 aromatic carbocycles. The van der Waals surface area contributed by atoms with Gasteiger partial charge in [0.2, 0.25) is 15.9 Å². The summed E-state index contributed by atoms with van der Waals surface area (Å²) in [6.07, 6.45) is 1.16. The van der Waals surface area contributed by atoms with Gasteiger partial charge in [0.15, 0.2) is 0 Å². The number of hydrogen-bond acceptors (Lipinski definition) is 4. The molecule has 0 aromatic heterocycles. The molecule has 0 radical (unpaired) electrons. The van der Waals surface area contributed by atoms with Gasteiger partial charge in [-0.15, -0.1) is 0 Å². The Morgan fingerprint density at radius 2 is 1.54 bits per heavy atom. The number of rotatable bonds is 8. The van der Waals surface area contributed by atoms with Crippen LogP contribution in [0.1, 0.15) is 31.7 Å². The predicted molar refractivity (Wildman–Crippen MR) is 107 cm³/mol. The van der Waals surface area contributed by atoms with E-state index in [1.54, 1.807) is 11.8 Å². The molecule has 0 saturated carbocycles. The zero-order chi connectivity index (χ0) is 19.2. The van der Waals surface area contributed by atoms with Crippen molar-refractivity contribution in [1.82, 2.24) is 4.72 Å². The number of nitrogens with one attached hydrogen (secondary N) is 2. The largest absolute Gasteiger partial charge is 0.326 e. The predicted octanol–water partition coefficient (Wildman–Crippen LogP) is 3.84. The van der Waals surface area contributed by atoms with Gasteiger partial charge in [-0.05, 0) is 47.9 Å². The molecule has 1 amide bonds. The van der Waals surface area contributed by atoms with Crippen LogP contribution < -0.4 is 10.0 Å². The van der Waals surface area contributed by atoms with Crippen LogP contribution in [0.4, 0.5) is 5.69 Å². The molecule has 2 N–H and O–H groups in total. The maximum absolute atomic E-state index is 11.8. The first kappa shape index (κ1) is 20.5. The molecule has 2 aromatic rings. The Morgan fingerprint density at radius 1 is 1.00 bits per heavy atom. The lowest BCUT2D eigenvalue weighted by Crippen LogP contribution is -2.26. The van der Waals surface area contributed by atoms with E-state index < -0.39 is 10.0 Å². The van der Waals surface area contributed by atoms with Crippen molar-refractivity contribution in [2.75, 3.05) is 18.1 Å². The molecule has 0 saturated heterocycles. The van der Waals surface area contributed by atoms with Gasteiger partial charge < -0.3 is 5.32 Å². The first-order chi connectivity index (χ1) is 12.2. The summed E-state index contributed by atoms with van der Waals surface area (Å²) >= 11 is 1.66. The molecule has 0 bridgehead atoms. The molecule has 140 valence electrons. The summed E-state index contributed by atoms with van der Waals surface area (Å²) in [5, 5.41) is 2.76. The molecule has 0 unspecified atom stereocenters. The summed E-state index contributed by atoms with van der Waals surface area (Å²) in [6, 6.07) is 16.1. The van der Waals surface area contributed by atoms with Gasteiger partial charge in [-0.1, -0.05) is 37.7 Å². The number of hydrogen-bond donors (Lipinski definition) is 2. The molecule has 0 atom stereocenters. The fourth-order valence-corrected chi connectivity index (χ4v) is 3.53. The highest BCUT2D eigenvalue weighted by molar-refractivity contribution is 7.99. The van der Waals surface area contributed by atoms with Gasteiger partial charge in [0.05, 0.1) is 6.26 Å². The Labute approximate surface area is 159 Å². The molecule has 0 heterocycles. The summed E-state index contributed by atoms with van der Waals surface area (Å²) in [5.41, 5.74) is 2.01. The smallest absolute Gasteiger partial charge is 0.225 e. The fourth-order valence-electron chi connectivity index (χ4n) is 2.24. The Morgan fingerprint density at radius 3 is 2.04 bits per heavy atom. The van der Waals surface area contributed by atoms with Crippen LogP contribution in [0, 0.1) is 0 Å². The van der Waals surface area contributed by atoms with Crippen LogP contribution in [-0.2, 0) is 14.8 Å². The van der Waals surface area contributed by atoms with Gasteiger partial charge >= 0.3 is 0 Å². The van der Waals surface area contributed by atoms with E-state index in [-0.39, 0.29) is 18.9 Å². The second-order valence-corrected chi connectivity index (χ2v) is 9.29. The average molecular weight is 393 g/mol. The quantitative estimate of drug-likeness (QED) is 0.716. The topological polar surface area (TPSA) is 75.3 Å². The molecule has 2 rings (SSSR count). The number of carbonyl (C=O) groups excluding carboxylic acids is 1. The summed E-state index contributed by atoms with van der Waals surface area (Å²) in [7, 11) is -3.27. The lowest BCUT2D eigenvalue weighted by atomic mass is 10.0. The lowest BCUT2D eigenvalue weighted by molar-refractivity contribution is -0.116. The van der Waals surface area contributed by atoms with E-state index >= 15 is 0 Å².